The molecule has 11 N–H and O–H groups in total. The Hall–Kier alpha value is -11.7. The van der Waals surface area contributed by atoms with E-state index in [-0.39, 0.29) is 132 Å². The number of carbonyl (C=O) groups excluding carboxylic acids is 17. The molecule has 0 spiro atoms. The largest absolute Gasteiger partial charge is 0.444 e. The number of sulfone groups is 1. The van der Waals surface area contributed by atoms with Crippen molar-refractivity contribution in [3.63, 3.8) is 0 Å². The van der Waals surface area contributed by atoms with Crippen molar-refractivity contribution in [2.75, 3.05) is 45.0 Å². The molecule has 15 atom stereocenters. The van der Waals surface area contributed by atoms with Gasteiger partial charge in [0.25, 0.3) is 17.7 Å². The summed E-state index contributed by atoms with van der Waals surface area (Å²) in [4.78, 5) is 231. The van der Waals surface area contributed by atoms with Gasteiger partial charge in [0.1, 0.15) is 53.1 Å². The lowest BCUT2D eigenvalue weighted by molar-refractivity contribution is -0.145. The number of piperidine rings is 3. The molecule has 14 amide bonds. The molecule has 36 nitrogen and oxygen atoms in total. The normalized spacial score (nSPS) is 22.8. The first-order chi connectivity index (χ1) is 66.9. The number of hydrogen-bond donors (Lipinski definition) is 11. The van der Waals surface area contributed by atoms with E-state index in [9.17, 15) is 89.9 Å². The van der Waals surface area contributed by atoms with Crippen molar-refractivity contribution in [3.05, 3.63) is 115 Å². The number of nitrogens with zero attached hydrogens (tertiary/aromatic N) is 3. The molecule has 3 aromatic rings. The fraction of sp³-hybridized carbons (Fsp3) is 0.651. The van der Waals surface area contributed by atoms with Gasteiger partial charge >= 0.3 is 18.3 Å². The van der Waals surface area contributed by atoms with Gasteiger partial charge < -0.3 is 87.4 Å². The fourth-order valence-electron chi connectivity index (χ4n) is 21.0. The first kappa shape index (κ1) is 113. The highest BCUT2D eigenvalue weighted by molar-refractivity contribution is 7.91. The minimum absolute atomic E-state index is 0.0536. The smallest absolute Gasteiger partial charge is 0.408 e. The summed E-state index contributed by atoms with van der Waals surface area (Å²) in [5.74, 6) is -9.72. The molecule has 786 valence electrons. The summed E-state index contributed by atoms with van der Waals surface area (Å²) in [6.45, 7) is 39.5. The average Bonchev–Trinajstić information content (AvgIpc) is 1.53. The second kappa shape index (κ2) is 47.5. The van der Waals surface area contributed by atoms with E-state index in [1.807, 2.05) is 116 Å². The van der Waals surface area contributed by atoms with E-state index in [0.29, 0.717) is 38.9 Å². The third kappa shape index (κ3) is 30.5. The molecule has 9 aliphatic rings. The summed E-state index contributed by atoms with van der Waals surface area (Å²) >= 11 is 0. The number of fused-ring (bicyclic) bond motifs is 3. The van der Waals surface area contributed by atoms with E-state index in [1.54, 1.807) is 91.5 Å². The predicted octanol–water partition coefficient (Wildman–Crippen LogP) is 9.09. The van der Waals surface area contributed by atoms with Crippen LogP contribution in [0.1, 0.15) is 245 Å². The van der Waals surface area contributed by atoms with Crippen molar-refractivity contribution in [3.8, 4) is 0 Å². The minimum Gasteiger partial charge on any atom is -0.444 e. The number of rotatable bonds is 39. The molecular formula is C106H154N14O22S. The molecule has 3 unspecified atom stereocenters. The lowest BCUT2D eigenvalue weighted by atomic mass is 9.83. The minimum atomic E-state index is -3.69. The summed E-state index contributed by atoms with van der Waals surface area (Å²) in [6, 6.07) is 17.6. The number of Topliss-reactive ketones (excluding diaryl/α,β-unsaturated/α-hetero) is 3. The summed E-state index contributed by atoms with van der Waals surface area (Å²) < 4.78 is 41.7. The molecule has 9 fully saturated rings. The van der Waals surface area contributed by atoms with Crippen LogP contribution in [0.4, 0.5) is 14.4 Å². The molecule has 3 aromatic carbocycles. The highest BCUT2D eigenvalue weighted by atomic mass is 32.2. The number of alkyl carbamates (subject to hydrolysis) is 3. The fourth-order valence-corrected chi connectivity index (χ4v) is 22.2. The van der Waals surface area contributed by atoms with E-state index in [4.69, 9.17) is 14.2 Å². The van der Waals surface area contributed by atoms with Gasteiger partial charge in [-0.2, -0.15) is 0 Å². The van der Waals surface area contributed by atoms with Gasteiger partial charge in [-0.05, 0) is 212 Å². The van der Waals surface area contributed by atoms with E-state index in [1.165, 1.54) is 21.9 Å². The number of likely N-dealkylation sites (tertiary alicyclic amines) is 3. The molecule has 12 rings (SSSR count). The van der Waals surface area contributed by atoms with Crippen LogP contribution in [0.3, 0.4) is 0 Å². The Kier molecular flexibility index (Phi) is 37.6. The number of carbonyl (C=O) groups is 17. The van der Waals surface area contributed by atoms with Crippen LogP contribution in [0.5, 0.6) is 0 Å². The predicted molar refractivity (Wildman–Crippen MR) is 533 cm³/mol. The van der Waals surface area contributed by atoms with Crippen molar-refractivity contribution in [2.45, 2.75) is 323 Å². The van der Waals surface area contributed by atoms with Crippen molar-refractivity contribution in [1.29, 1.82) is 0 Å². The molecule has 3 saturated heterocycles. The standard InChI is InChI=1S/C36H52N4O8S.2C35H51N5O7/c1-7-8-19-26(30(41)32(43)37-20-21-49(46,47)24-17-13-10-14-18-24)38-31(42)29-27-25(36(27,5)6)22-40(29)33(44)28(23-15-11-9-12-16-23)39-34(45)48-35(2,3)4;1-33(2,3)28(39-32(46)47-34(4,5)6)31(45)40-19-22-25(35(22,7)8)26(40)29(43)38-23(16-20-14-15-20)27(42)30(44)37-18-24(41)36-17-21-12-10-9-11-13-21;1-7-13-24(29(42)31(44)37-19-25(41)36-18-21-14-9-8-10-15-21)38-30(43)28-26-23(35(26,5)6)20-40(28)32(45)27(22-16-11-12-17-22)39-33(46)47-34(2,3)4/h7,10,13-14,17-18,23,25-29H,1,8-9,11-12,15-16,19-22H2,2-6H3,(H,37,43)(H,38,42)(H,39,45);9-13,20,22-23,25-26,28H,14-19H2,1-8H3,(H,36,41)(H,37,44)(H,38,43)(H,39,46);8-10,14-15,22-24,26-28H,7,11-13,16-20H2,1-6H3,(H,36,41)(H,37,44)(H,38,43)(H,39,46)/t25-,26?,27-,28-,29-;22-,23?,25-,26-,28+;23-,24?,26-,27-,28-/m000/s1. The van der Waals surface area contributed by atoms with E-state index in [0.717, 1.165) is 81.8 Å². The van der Waals surface area contributed by atoms with Gasteiger partial charge in [0, 0.05) is 39.3 Å². The number of amides is 14. The quantitative estimate of drug-likeness (QED) is 0.0144. The second-order valence-corrected chi connectivity index (χ2v) is 47.8. The molecule has 0 radical (unpaired) electrons. The lowest BCUT2D eigenvalue weighted by Crippen LogP contribution is -2.61. The Morgan fingerprint density at radius 1 is 0.427 bits per heavy atom. The van der Waals surface area contributed by atoms with Gasteiger partial charge in [0.05, 0.1) is 41.9 Å². The Morgan fingerprint density at radius 2 is 0.769 bits per heavy atom. The number of benzene rings is 3. The summed E-state index contributed by atoms with van der Waals surface area (Å²) in [7, 11) is -3.69. The molecule has 3 heterocycles. The third-order valence-electron chi connectivity index (χ3n) is 29.2. The van der Waals surface area contributed by atoms with Gasteiger partial charge in [-0.25, -0.2) is 22.8 Å². The summed E-state index contributed by atoms with van der Waals surface area (Å²) in [6.07, 6.45) is 10.5. The zero-order valence-electron chi connectivity index (χ0n) is 86.7. The van der Waals surface area contributed by atoms with Gasteiger partial charge in [0.15, 0.2) is 9.84 Å². The van der Waals surface area contributed by atoms with Crippen LogP contribution in [0.25, 0.3) is 0 Å². The number of nitrogens with one attached hydrogen (secondary N) is 11. The highest BCUT2D eigenvalue weighted by Gasteiger charge is 2.73. The SMILES string of the molecule is C=CCCC(NC(=O)[C@@H]1[C@@H]2[C@H](CN1C(=O)[C@@H](NC(=O)OC(C)(C)C)C1CCCCC1)C2(C)C)C(=O)C(=O)NCCS(=O)(=O)c1ccccc1.CC(C)(C)OC(=O)N[C@H](C(=O)N1C[C@H]2[C@@H]([C@H]1C(=O)NC(CC1CC1)C(=O)C(=O)NCC(=O)NCc1ccccc1)C2(C)C)C(C)(C)C.CCCC(NC(=O)[C@@H]1[C@@H]2[C@H](CN1C(=O)[C@@H](NC(=O)OC(C)(C)C)C1CCCC1)C2(C)C)C(=O)C(=O)NCC(=O)NCc1ccccc1. The van der Waals surface area contributed by atoms with Crippen LogP contribution < -0.4 is 58.5 Å². The van der Waals surface area contributed by atoms with Crippen molar-refractivity contribution in [2.24, 2.45) is 74.9 Å². The monoisotopic (exact) mass is 2010 g/mol. The summed E-state index contributed by atoms with van der Waals surface area (Å²) in [5.41, 5.74) is -1.79. The van der Waals surface area contributed by atoms with Gasteiger partial charge in [-0.15, -0.1) is 6.58 Å². The number of ketones is 3. The van der Waals surface area contributed by atoms with Crippen molar-refractivity contribution >= 4 is 110 Å². The highest BCUT2D eigenvalue weighted by Crippen LogP contribution is 2.67. The van der Waals surface area contributed by atoms with E-state index in [2.05, 4.69) is 78.9 Å². The molecular weight excluding hydrogens is 1850 g/mol. The van der Waals surface area contributed by atoms with E-state index < -0.39 is 181 Å². The number of ether oxygens (including phenoxy) is 3. The Balaban J connectivity index is 0.000000220. The van der Waals surface area contributed by atoms with Crippen LogP contribution in [0.15, 0.2) is 109 Å². The molecule has 0 aromatic heterocycles. The molecule has 6 saturated carbocycles. The van der Waals surface area contributed by atoms with Crippen molar-refractivity contribution < 1.29 is 104 Å². The third-order valence-corrected chi connectivity index (χ3v) is 31.0. The number of hydrogen-bond acceptors (Lipinski definition) is 22. The van der Waals surface area contributed by atoms with Crippen LogP contribution in [-0.2, 0) is 104 Å². The van der Waals surface area contributed by atoms with Gasteiger partial charge in [-0.3, -0.25) is 67.1 Å². The topological polar surface area (TPSA) is 494 Å². The zero-order valence-corrected chi connectivity index (χ0v) is 87.6. The average molecular weight is 2010 g/mol. The molecule has 0 bridgehead atoms. The van der Waals surface area contributed by atoms with Gasteiger partial charge in [0.2, 0.25) is 64.6 Å². The maximum absolute atomic E-state index is 14.3. The van der Waals surface area contributed by atoms with Crippen LogP contribution in [0, 0.1) is 74.9 Å². The van der Waals surface area contributed by atoms with Crippen LogP contribution >= 0.6 is 0 Å². The van der Waals surface area contributed by atoms with Crippen LogP contribution in [-0.4, -0.2) is 240 Å². The zero-order chi connectivity index (χ0) is 106. The Morgan fingerprint density at radius 3 is 1.13 bits per heavy atom. The van der Waals surface area contributed by atoms with Gasteiger partial charge in [-0.1, -0.05) is 206 Å². The van der Waals surface area contributed by atoms with Crippen LogP contribution in [0.2, 0.25) is 0 Å². The molecule has 37 heteroatoms. The molecule has 6 aliphatic carbocycles. The molecule has 3 aliphatic heterocycles. The maximum atomic E-state index is 14.3. The maximum Gasteiger partial charge on any atom is 0.408 e. The van der Waals surface area contributed by atoms with Crippen molar-refractivity contribution in [1.82, 2.24) is 73.2 Å². The Labute approximate surface area is 841 Å². The first-order valence-corrected chi connectivity index (χ1v) is 52.3. The molecule has 143 heavy (non-hydrogen) atoms. The lowest BCUT2D eigenvalue weighted by Gasteiger charge is -2.38. The summed E-state index contributed by atoms with van der Waals surface area (Å²) in [5, 5.41) is 29.3. The number of allylic oxidation sites excluding steroid dienone is 1. The Bertz CT molecular complexity index is 5240. The second-order valence-electron chi connectivity index (χ2n) is 45.7. The first-order valence-electron chi connectivity index (χ1n) is 50.7. The van der Waals surface area contributed by atoms with E-state index >= 15 is 0 Å².